The molecule has 0 amide bonds. The molecule has 0 bridgehead atoms. The van der Waals surface area contributed by atoms with E-state index in [1.54, 1.807) is 0 Å². The second kappa shape index (κ2) is 3.75. The SMILES string of the molecule is COc1cc(F)c(C2(C#N)CCC2)c(F)c1. The zero-order valence-corrected chi connectivity index (χ0v) is 8.89. The molecule has 0 unspecified atom stereocenters. The molecule has 2 rings (SSSR count). The van der Waals surface area contributed by atoms with Crippen molar-refractivity contribution in [3.05, 3.63) is 29.3 Å². The first-order valence-electron chi connectivity index (χ1n) is 5.08. The number of ether oxygens (including phenoxy) is 1. The molecule has 1 aliphatic rings. The van der Waals surface area contributed by atoms with Crippen LogP contribution in [-0.2, 0) is 5.41 Å². The van der Waals surface area contributed by atoms with Crippen molar-refractivity contribution in [2.45, 2.75) is 24.7 Å². The van der Waals surface area contributed by atoms with Crippen LogP contribution in [0.1, 0.15) is 24.8 Å². The third-order valence-electron chi connectivity index (χ3n) is 3.15. The average molecular weight is 223 g/mol. The quantitative estimate of drug-likeness (QED) is 0.772. The molecular weight excluding hydrogens is 212 g/mol. The lowest BCUT2D eigenvalue weighted by atomic mass is 9.65. The van der Waals surface area contributed by atoms with E-state index in [-0.39, 0.29) is 11.3 Å². The molecule has 0 N–H and O–H groups in total. The molecule has 1 saturated carbocycles. The molecule has 16 heavy (non-hydrogen) atoms. The number of hydrogen-bond donors (Lipinski definition) is 0. The van der Waals surface area contributed by atoms with E-state index in [1.165, 1.54) is 7.11 Å². The topological polar surface area (TPSA) is 33.0 Å². The third-order valence-corrected chi connectivity index (χ3v) is 3.15. The Morgan fingerprint density at radius 2 is 1.88 bits per heavy atom. The molecule has 84 valence electrons. The molecule has 2 nitrogen and oxygen atoms in total. The normalized spacial score (nSPS) is 17.4. The molecule has 4 heteroatoms. The predicted molar refractivity (Wildman–Crippen MR) is 54.1 cm³/mol. The van der Waals surface area contributed by atoms with E-state index in [0.29, 0.717) is 12.8 Å². The van der Waals surface area contributed by atoms with Gasteiger partial charge in [-0.1, -0.05) is 0 Å². The maximum atomic E-state index is 13.7. The van der Waals surface area contributed by atoms with Gasteiger partial charge in [-0.25, -0.2) is 8.78 Å². The lowest BCUT2D eigenvalue weighted by Gasteiger charge is -2.35. The summed E-state index contributed by atoms with van der Waals surface area (Å²) in [7, 11) is 1.34. The van der Waals surface area contributed by atoms with Gasteiger partial charge in [0.15, 0.2) is 0 Å². The number of hydrogen-bond acceptors (Lipinski definition) is 2. The first kappa shape index (κ1) is 10.9. The van der Waals surface area contributed by atoms with Crippen molar-refractivity contribution in [1.29, 1.82) is 5.26 Å². The van der Waals surface area contributed by atoms with Gasteiger partial charge in [-0.15, -0.1) is 0 Å². The number of nitrogens with zero attached hydrogens (tertiary/aromatic N) is 1. The monoisotopic (exact) mass is 223 g/mol. The average Bonchev–Trinajstić information content (AvgIpc) is 2.20. The zero-order chi connectivity index (χ0) is 11.8. The summed E-state index contributed by atoms with van der Waals surface area (Å²) in [5, 5.41) is 9.05. The van der Waals surface area contributed by atoms with Crippen molar-refractivity contribution in [2.24, 2.45) is 0 Å². The van der Waals surface area contributed by atoms with Crippen molar-refractivity contribution in [2.75, 3.05) is 7.11 Å². The van der Waals surface area contributed by atoms with E-state index in [2.05, 4.69) is 0 Å². The van der Waals surface area contributed by atoms with Crippen LogP contribution >= 0.6 is 0 Å². The minimum Gasteiger partial charge on any atom is -0.497 e. The molecule has 0 radical (unpaired) electrons. The summed E-state index contributed by atoms with van der Waals surface area (Å²) in [4.78, 5) is 0. The molecular formula is C12H11F2NO. The minimum atomic E-state index is -0.972. The highest BCUT2D eigenvalue weighted by atomic mass is 19.1. The van der Waals surface area contributed by atoms with E-state index < -0.39 is 17.0 Å². The van der Waals surface area contributed by atoms with E-state index in [1.807, 2.05) is 6.07 Å². The molecule has 0 aliphatic heterocycles. The highest BCUT2D eigenvalue weighted by Crippen LogP contribution is 2.45. The third kappa shape index (κ3) is 1.44. The molecule has 1 fully saturated rings. The highest BCUT2D eigenvalue weighted by Gasteiger charge is 2.43. The first-order valence-corrected chi connectivity index (χ1v) is 5.08. The summed E-state index contributed by atoms with van der Waals surface area (Å²) in [6, 6.07) is 4.27. The Hall–Kier alpha value is -1.63. The number of rotatable bonds is 2. The Morgan fingerprint density at radius 3 is 2.19 bits per heavy atom. The Bertz CT molecular complexity index is 438. The smallest absolute Gasteiger partial charge is 0.134 e. The van der Waals surface area contributed by atoms with Crippen molar-refractivity contribution >= 4 is 0 Å². The van der Waals surface area contributed by atoms with Crippen LogP contribution in [0.2, 0.25) is 0 Å². The van der Waals surface area contributed by atoms with Gasteiger partial charge in [-0.2, -0.15) is 5.26 Å². The van der Waals surface area contributed by atoms with Gasteiger partial charge in [0.2, 0.25) is 0 Å². The van der Waals surface area contributed by atoms with E-state index >= 15 is 0 Å². The highest BCUT2D eigenvalue weighted by molar-refractivity contribution is 5.41. The predicted octanol–water partition coefficient (Wildman–Crippen LogP) is 2.92. The number of nitriles is 1. The van der Waals surface area contributed by atoms with Crippen molar-refractivity contribution in [1.82, 2.24) is 0 Å². The molecule has 1 aromatic rings. The number of halogens is 2. The van der Waals surface area contributed by atoms with Crippen LogP contribution in [0.25, 0.3) is 0 Å². The van der Waals surface area contributed by atoms with Gasteiger partial charge in [0.05, 0.1) is 18.6 Å². The van der Waals surface area contributed by atoms with Crippen LogP contribution < -0.4 is 4.74 Å². The Labute approximate surface area is 92.5 Å². The summed E-state index contributed by atoms with van der Waals surface area (Å²) in [6.45, 7) is 0. The second-order valence-electron chi connectivity index (χ2n) is 4.01. The Kier molecular flexibility index (Phi) is 2.55. The minimum absolute atomic E-state index is 0.109. The molecule has 0 atom stereocenters. The lowest BCUT2D eigenvalue weighted by Crippen LogP contribution is -2.34. The molecule has 0 heterocycles. The number of benzene rings is 1. The summed E-state index contributed by atoms with van der Waals surface area (Å²) in [6.07, 6.45) is 1.87. The van der Waals surface area contributed by atoms with Gasteiger partial charge in [-0.05, 0) is 19.3 Å². The van der Waals surface area contributed by atoms with Gasteiger partial charge < -0.3 is 4.74 Å². The summed E-state index contributed by atoms with van der Waals surface area (Å²) >= 11 is 0. The van der Waals surface area contributed by atoms with Gasteiger partial charge in [0.1, 0.15) is 17.4 Å². The molecule has 0 spiro atoms. The zero-order valence-electron chi connectivity index (χ0n) is 8.89. The summed E-state index contributed by atoms with van der Waals surface area (Å²) in [5.74, 6) is -1.26. The van der Waals surface area contributed by atoms with Gasteiger partial charge in [0, 0.05) is 17.7 Å². The Morgan fingerprint density at radius 1 is 1.31 bits per heavy atom. The fraction of sp³-hybridized carbons (Fsp3) is 0.417. The van der Waals surface area contributed by atoms with Gasteiger partial charge in [0.25, 0.3) is 0 Å². The largest absolute Gasteiger partial charge is 0.497 e. The van der Waals surface area contributed by atoms with Crippen LogP contribution in [0.3, 0.4) is 0 Å². The van der Waals surface area contributed by atoms with Crippen LogP contribution in [0, 0.1) is 23.0 Å². The Balaban J connectivity index is 2.54. The van der Waals surface area contributed by atoms with Crippen LogP contribution in [0.4, 0.5) is 8.78 Å². The summed E-state index contributed by atoms with van der Waals surface area (Å²) < 4.78 is 32.2. The fourth-order valence-electron chi connectivity index (χ4n) is 2.07. The maximum absolute atomic E-state index is 13.7. The standard InChI is InChI=1S/C12H11F2NO/c1-16-8-5-9(13)11(10(14)6-8)12(7-15)3-2-4-12/h5-6H,2-4H2,1H3. The molecule has 1 aliphatic carbocycles. The molecule has 0 aromatic heterocycles. The second-order valence-corrected chi connectivity index (χ2v) is 4.01. The van der Waals surface area contributed by atoms with Crippen LogP contribution in [0.5, 0.6) is 5.75 Å². The van der Waals surface area contributed by atoms with E-state index in [9.17, 15) is 8.78 Å². The molecule has 0 saturated heterocycles. The van der Waals surface area contributed by atoms with Crippen LogP contribution in [-0.4, -0.2) is 7.11 Å². The van der Waals surface area contributed by atoms with Gasteiger partial charge >= 0.3 is 0 Å². The van der Waals surface area contributed by atoms with E-state index in [0.717, 1.165) is 18.6 Å². The van der Waals surface area contributed by atoms with Gasteiger partial charge in [-0.3, -0.25) is 0 Å². The first-order chi connectivity index (χ1) is 7.63. The van der Waals surface area contributed by atoms with Crippen molar-refractivity contribution in [3.8, 4) is 11.8 Å². The van der Waals surface area contributed by atoms with Crippen LogP contribution in [0.15, 0.2) is 12.1 Å². The number of methoxy groups -OCH3 is 1. The lowest BCUT2D eigenvalue weighted by molar-refractivity contribution is 0.299. The van der Waals surface area contributed by atoms with Crippen molar-refractivity contribution in [3.63, 3.8) is 0 Å². The molecule has 1 aromatic carbocycles. The maximum Gasteiger partial charge on any atom is 0.134 e. The summed E-state index contributed by atoms with van der Waals surface area (Å²) in [5.41, 5.74) is -1.08. The fourth-order valence-corrected chi connectivity index (χ4v) is 2.07. The van der Waals surface area contributed by atoms with Crippen molar-refractivity contribution < 1.29 is 13.5 Å². The van der Waals surface area contributed by atoms with E-state index in [4.69, 9.17) is 10.00 Å².